The number of imidazole rings is 3. The van der Waals surface area contributed by atoms with Crippen LogP contribution >= 0.6 is 15.9 Å². The highest BCUT2D eigenvalue weighted by Crippen LogP contribution is 2.32. The fraction of sp³-hybridized carbons (Fsp3) is 0.0690. The molecule has 19 rings (SSSR count). The third kappa shape index (κ3) is 17.0. The van der Waals surface area contributed by atoms with Gasteiger partial charge >= 0.3 is 0 Å². The number of nitrogens with zero attached hydrogens (tertiary/aromatic N) is 15. The van der Waals surface area contributed by atoms with E-state index >= 15 is 0 Å². The molecule has 0 aliphatic carbocycles. The van der Waals surface area contributed by atoms with Crippen LogP contribution in [0.2, 0.25) is 0 Å². The van der Waals surface area contributed by atoms with Crippen LogP contribution in [0.1, 0.15) is 122 Å². The van der Waals surface area contributed by atoms with Crippen LogP contribution < -0.4 is 36.8 Å². The molecule has 566 valence electrons. The van der Waals surface area contributed by atoms with Crippen molar-refractivity contribution in [2.45, 2.75) is 38.6 Å². The van der Waals surface area contributed by atoms with Crippen LogP contribution in [0.25, 0.3) is 16.6 Å². The Morgan fingerprint density at radius 2 is 0.757 bits per heavy atom. The molecule has 8 amide bonds. The van der Waals surface area contributed by atoms with Gasteiger partial charge in [-0.3, -0.25) is 52.0 Å². The van der Waals surface area contributed by atoms with Crippen LogP contribution in [0.3, 0.4) is 0 Å². The van der Waals surface area contributed by atoms with E-state index in [0.29, 0.717) is 103 Å². The number of ketones is 1. The summed E-state index contributed by atoms with van der Waals surface area (Å²) in [5.41, 5.74) is 28.4. The number of nitrogen functional groups attached to an aromatic ring is 2. The highest BCUT2D eigenvalue weighted by atomic mass is 79.9. The Bertz CT molecular complexity index is 6060. The molecular weight excluding hydrogens is 1520 g/mol. The molecule has 115 heavy (non-hydrogen) atoms. The number of benzene rings is 5. The van der Waals surface area contributed by atoms with Gasteiger partial charge in [0.1, 0.15) is 53.3 Å². The number of Topliss-reactive ketones (excluding diaryl/α,β-unsaturated/α-hetero) is 1. The van der Waals surface area contributed by atoms with Crippen molar-refractivity contribution < 1.29 is 43.2 Å². The van der Waals surface area contributed by atoms with E-state index < -0.39 is 0 Å². The first-order valence-corrected chi connectivity index (χ1v) is 36.6. The molecule has 0 saturated carbocycles. The van der Waals surface area contributed by atoms with Gasteiger partial charge in [0.2, 0.25) is 0 Å². The van der Waals surface area contributed by atoms with Crippen molar-refractivity contribution in [3.8, 4) is 6.07 Å². The maximum absolute atomic E-state index is 12.4. The molecule has 0 unspecified atom stereocenters. The van der Waals surface area contributed by atoms with Gasteiger partial charge in [-0.05, 0) is 165 Å². The zero-order valence-electron chi connectivity index (χ0n) is 61.5. The maximum Gasteiger partial charge on any atom is 0.267 e. The largest absolute Gasteiger partial charge is 0.385 e. The molecule has 0 radical (unpaired) electrons. The number of imide groups is 4. The van der Waals surface area contributed by atoms with Crippen molar-refractivity contribution in [1.29, 1.82) is 5.26 Å². The number of fused-ring (bicyclic) bond motifs is 7. The topological polar surface area (TPSA) is 372 Å². The summed E-state index contributed by atoms with van der Waals surface area (Å²) >= 11 is 3.31. The summed E-state index contributed by atoms with van der Waals surface area (Å²) in [5.74, 6) is 0.454. The predicted octanol–water partition coefficient (Wildman–Crippen LogP) is 12.9. The number of nitriles is 1. The van der Waals surface area contributed by atoms with Gasteiger partial charge in [0.15, 0.2) is 0 Å². The van der Waals surface area contributed by atoms with E-state index in [4.69, 9.17) is 22.5 Å². The van der Waals surface area contributed by atoms with Crippen molar-refractivity contribution in [2.75, 3.05) is 31.1 Å². The van der Waals surface area contributed by atoms with E-state index in [2.05, 4.69) is 56.9 Å². The summed E-state index contributed by atoms with van der Waals surface area (Å²) in [6.45, 7) is 4.00. The number of pyridine rings is 7. The molecule has 4 aliphatic rings. The second kappa shape index (κ2) is 35.0. The number of alkyl halides is 1. The van der Waals surface area contributed by atoms with Gasteiger partial charge in [-0.1, -0.05) is 119 Å². The highest BCUT2D eigenvalue weighted by molar-refractivity contribution is 9.08. The second-order valence-corrected chi connectivity index (χ2v) is 26.3. The molecule has 15 aromatic rings. The van der Waals surface area contributed by atoms with Gasteiger partial charge in [0.05, 0.1) is 109 Å². The standard InChI is InChI=1S/C17H13N3O.C15H9N3O2.C14H9BrN2O2.C14H11N3O2.C14H10N2O2.C7H7N3.C6H8N2/c18-10-14-6-4-13(5-7-14)8-17(21)9-15-2-1-3-16-11-19-12-20(15)16;19-14-11-5-1-2-6-12(11)15(20)18(14)13-7-3-4-10-8-16-9-17(10)13;2*15-8-9-4-3-7-12(16-9)17-13(18)10-5-1-2-6-11(10)14(17)19;1-9-5-4-8-12(15-9)16-13(17)10-6-2-3-7-11(10)14(16)18;8-7-3-1-2-6-4-9-5-10(6)7;1-5-3-2-4-6(7)8-5/h1-7,11-12H,8-9H2;1-9H;1-7H,8H2;1-7H,8,15H2;2-8H,1H3;1-5H,8H2;2-4H,1H3,(H2,7,8). The third-order valence-corrected chi connectivity index (χ3v) is 18.7. The monoisotopic (exact) mass is 1590 g/mol. The van der Waals surface area contributed by atoms with E-state index in [9.17, 15) is 43.2 Å². The van der Waals surface area contributed by atoms with E-state index in [1.165, 1.54) is 4.90 Å². The number of hydrogen-bond acceptors (Lipinski definition) is 20. The lowest BCUT2D eigenvalue weighted by atomic mass is 10.0. The number of carbonyl (C=O) groups is 9. The van der Waals surface area contributed by atoms with Crippen LogP contribution in [0.5, 0.6) is 0 Å². The number of carbonyl (C=O) groups excluding carboxylic acids is 9. The van der Waals surface area contributed by atoms with E-state index in [1.807, 2.05) is 102 Å². The molecule has 0 atom stereocenters. The molecule has 0 saturated heterocycles. The first-order valence-electron chi connectivity index (χ1n) is 35.5. The van der Waals surface area contributed by atoms with E-state index in [1.54, 1.807) is 212 Å². The molecule has 6 N–H and O–H groups in total. The molecule has 14 heterocycles. The minimum absolute atomic E-state index is 0.140. The molecule has 0 bridgehead atoms. The van der Waals surface area contributed by atoms with E-state index in [0.717, 1.165) is 65.4 Å². The highest BCUT2D eigenvalue weighted by Gasteiger charge is 2.41. The Labute approximate surface area is 665 Å². The number of aromatic nitrogens is 10. The van der Waals surface area contributed by atoms with Gasteiger partial charge in [-0.2, -0.15) is 5.26 Å². The molecule has 27 nitrogen and oxygen atoms in total. The van der Waals surface area contributed by atoms with Gasteiger partial charge in [-0.25, -0.2) is 54.5 Å². The van der Waals surface area contributed by atoms with Gasteiger partial charge in [0, 0.05) is 41.8 Å². The fourth-order valence-electron chi connectivity index (χ4n) is 12.6. The van der Waals surface area contributed by atoms with Crippen LogP contribution in [0.15, 0.2) is 286 Å². The Balaban J connectivity index is 0.000000119. The smallest absolute Gasteiger partial charge is 0.267 e. The Kier molecular flexibility index (Phi) is 23.7. The summed E-state index contributed by atoms with van der Waals surface area (Å²) in [6, 6.07) is 74.6. The van der Waals surface area contributed by atoms with Crippen LogP contribution in [-0.4, -0.2) is 101 Å². The Hall–Kier alpha value is -15.5. The Morgan fingerprint density at radius 3 is 1.18 bits per heavy atom. The van der Waals surface area contributed by atoms with Gasteiger partial charge in [-0.15, -0.1) is 0 Å². The predicted molar refractivity (Wildman–Crippen MR) is 435 cm³/mol. The maximum atomic E-state index is 12.4. The lowest BCUT2D eigenvalue weighted by molar-refractivity contribution is -0.117. The van der Waals surface area contributed by atoms with Crippen molar-refractivity contribution in [2.24, 2.45) is 5.73 Å². The minimum atomic E-state index is -0.345. The van der Waals surface area contributed by atoms with Crippen molar-refractivity contribution in [3.05, 3.63) is 370 Å². The number of hydrogen-bond donors (Lipinski definition) is 3. The van der Waals surface area contributed by atoms with Crippen molar-refractivity contribution in [3.63, 3.8) is 0 Å². The number of aryl methyl sites for hydroxylation is 2. The van der Waals surface area contributed by atoms with Crippen molar-refractivity contribution >= 4 is 120 Å². The molecule has 5 aromatic carbocycles. The lowest BCUT2D eigenvalue weighted by Crippen LogP contribution is -2.30. The zero-order valence-corrected chi connectivity index (χ0v) is 63.0. The number of rotatable bonds is 10. The molecule has 10 aromatic heterocycles. The lowest BCUT2D eigenvalue weighted by Gasteiger charge is -2.15. The number of halogens is 1. The average molecular weight is 1590 g/mol. The van der Waals surface area contributed by atoms with Gasteiger partial charge in [0.25, 0.3) is 47.3 Å². The molecule has 28 heteroatoms. The molecule has 4 aliphatic heterocycles. The van der Waals surface area contributed by atoms with Crippen molar-refractivity contribution in [1.82, 2.24) is 48.1 Å². The number of nitrogens with two attached hydrogens (primary N) is 3. The quantitative estimate of drug-likeness (QED) is 0.0845. The first kappa shape index (κ1) is 77.7. The van der Waals surface area contributed by atoms with Gasteiger partial charge < -0.3 is 21.6 Å². The number of anilines is 6. The number of amides is 8. The molecule has 0 fully saturated rings. The van der Waals surface area contributed by atoms with E-state index in [-0.39, 0.29) is 59.6 Å². The average Bonchev–Trinajstić information content (AvgIpc) is 1.61. The molecular formula is C87H67BrN18O9. The SMILES string of the molecule is Cc1cccc(N)n1.Cc1cccc(N2C(=O)c3ccccc3C2=O)n1.N#Cc1ccc(CC(=O)Cc2cccc3cncn23)cc1.NCc1cccc(N2C(=O)c3ccccc3C2=O)n1.Nc1cccc2cncn12.O=C1c2ccccc2C(=O)N1c1cccc(CBr)n1.O=C1c2ccccc2C(=O)N1c1cccc2cncn12. The summed E-state index contributed by atoms with van der Waals surface area (Å²) in [6.07, 6.45) is 11.0. The van der Waals surface area contributed by atoms with Crippen LogP contribution in [-0.2, 0) is 29.5 Å². The normalized spacial score (nSPS) is 12.7. The third-order valence-electron chi connectivity index (χ3n) is 18.1. The Morgan fingerprint density at radius 1 is 0.383 bits per heavy atom. The summed E-state index contributed by atoms with van der Waals surface area (Å²) < 4.78 is 5.48. The minimum Gasteiger partial charge on any atom is -0.385 e. The summed E-state index contributed by atoms with van der Waals surface area (Å²) in [4.78, 5) is 144. The van der Waals surface area contributed by atoms with Crippen LogP contribution in [0.4, 0.5) is 34.9 Å². The first-order chi connectivity index (χ1) is 55.8. The second-order valence-electron chi connectivity index (χ2n) is 25.7. The summed E-state index contributed by atoms with van der Waals surface area (Å²) in [7, 11) is 0. The zero-order chi connectivity index (χ0) is 80.8. The fourth-order valence-corrected chi connectivity index (χ4v) is 12.9. The summed E-state index contributed by atoms with van der Waals surface area (Å²) in [5, 5.41) is 9.33. The van der Waals surface area contributed by atoms with Crippen LogP contribution in [0, 0.1) is 25.2 Å². The molecule has 0 spiro atoms.